The fraction of sp³-hybridized carbons (Fsp3) is 0.0968. The molecule has 1 heterocycles. The number of hydrogen-bond acceptors (Lipinski definition) is 7. The molecule has 5 rings (SSSR count). The monoisotopic (exact) mass is 602 g/mol. The normalized spacial score (nSPS) is 13.8. The first kappa shape index (κ1) is 28.7. The number of esters is 2. The fourth-order valence-corrected chi connectivity index (χ4v) is 6.11. The lowest BCUT2D eigenvalue weighted by Crippen LogP contribution is -2.30. The summed E-state index contributed by atoms with van der Waals surface area (Å²) in [4.78, 5) is 53.8. The molecule has 0 radical (unpaired) electrons. The van der Waals surface area contributed by atoms with Crippen molar-refractivity contribution < 1.29 is 32.9 Å². The van der Waals surface area contributed by atoms with E-state index in [4.69, 9.17) is 21.1 Å². The summed E-state index contributed by atoms with van der Waals surface area (Å²) in [7, 11) is 0.676. The van der Waals surface area contributed by atoms with E-state index in [1.54, 1.807) is 48.5 Å². The van der Waals surface area contributed by atoms with Gasteiger partial charge >= 0.3 is 11.9 Å². The van der Waals surface area contributed by atoms with Crippen molar-refractivity contribution in [2.24, 2.45) is 0 Å². The molecule has 1 aliphatic rings. The van der Waals surface area contributed by atoms with Crippen LogP contribution in [0.15, 0.2) is 94.7 Å². The largest absolute Gasteiger partial charge is 0.465 e. The van der Waals surface area contributed by atoms with Gasteiger partial charge in [-0.25, -0.2) is 13.8 Å². The third kappa shape index (κ3) is 5.67. The number of hydrogen-bond donors (Lipinski definition) is 1. The van der Waals surface area contributed by atoms with Gasteiger partial charge < -0.3 is 19.7 Å². The second kappa shape index (κ2) is 12.0. The topological polar surface area (TPSA) is 119 Å². The summed E-state index contributed by atoms with van der Waals surface area (Å²) < 4.78 is 23.2. The van der Waals surface area contributed by atoms with Crippen molar-refractivity contribution in [3.63, 3.8) is 0 Å². The van der Waals surface area contributed by atoms with Crippen LogP contribution in [0.3, 0.4) is 0 Å². The molecule has 9 nitrogen and oxygen atoms in total. The molecular weight excluding hydrogens is 580 g/mol. The van der Waals surface area contributed by atoms with Crippen LogP contribution >= 0.6 is 11.6 Å². The number of rotatable bonds is 6. The molecule has 0 bridgehead atoms. The Morgan fingerprint density at radius 2 is 1.50 bits per heavy atom. The van der Waals surface area contributed by atoms with Crippen LogP contribution in [0.5, 0.6) is 0 Å². The van der Waals surface area contributed by atoms with Crippen molar-refractivity contribution >= 4 is 57.5 Å². The number of fused-ring (bicyclic) bond motifs is 2. The van der Waals surface area contributed by atoms with Gasteiger partial charge in [0.2, 0.25) is 0 Å². The van der Waals surface area contributed by atoms with Gasteiger partial charge in [0.05, 0.1) is 63.7 Å². The van der Waals surface area contributed by atoms with Crippen LogP contribution in [-0.2, 0) is 26.8 Å². The van der Waals surface area contributed by atoms with Crippen LogP contribution in [-0.4, -0.2) is 42.2 Å². The molecular formula is C31H23ClN2O7S. The molecule has 42 heavy (non-hydrogen) atoms. The summed E-state index contributed by atoms with van der Waals surface area (Å²) in [6.45, 7) is 0.104. The van der Waals surface area contributed by atoms with Crippen molar-refractivity contribution in [3.05, 3.63) is 118 Å². The summed E-state index contributed by atoms with van der Waals surface area (Å²) in [6.07, 6.45) is 0. The minimum atomic E-state index is -1.71. The van der Waals surface area contributed by atoms with E-state index in [0.29, 0.717) is 20.5 Å². The van der Waals surface area contributed by atoms with Gasteiger partial charge in [-0.3, -0.25) is 9.59 Å². The average Bonchev–Trinajstić information content (AvgIpc) is 3.09. The summed E-state index contributed by atoms with van der Waals surface area (Å²) in [5, 5.41) is 3.17. The zero-order valence-corrected chi connectivity index (χ0v) is 24.0. The Morgan fingerprint density at radius 1 is 0.810 bits per heavy atom. The summed E-state index contributed by atoms with van der Waals surface area (Å²) >= 11 is 6.20. The summed E-state index contributed by atoms with van der Waals surface area (Å²) in [5.74, 6) is -2.40. The Hall–Kier alpha value is -4.80. The molecule has 2 amide bonds. The lowest BCUT2D eigenvalue weighted by molar-refractivity contribution is 0.0598. The van der Waals surface area contributed by atoms with Crippen LogP contribution < -0.4 is 10.2 Å². The maximum atomic E-state index is 13.8. The third-order valence-electron chi connectivity index (χ3n) is 6.54. The second-order valence-corrected chi connectivity index (χ2v) is 11.1. The van der Waals surface area contributed by atoms with Crippen molar-refractivity contribution in [2.45, 2.75) is 16.3 Å². The van der Waals surface area contributed by atoms with Gasteiger partial charge in [0, 0.05) is 16.3 Å². The minimum Gasteiger partial charge on any atom is -0.465 e. The van der Waals surface area contributed by atoms with E-state index in [0.717, 1.165) is 5.56 Å². The molecule has 0 aromatic heterocycles. The summed E-state index contributed by atoms with van der Waals surface area (Å²) in [6, 6.07) is 22.2. The van der Waals surface area contributed by atoms with Crippen molar-refractivity contribution in [1.29, 1.82) is 0 Å². The molecule has 4 aromatic carbocycles. The molecule has 0 unspecified atom stereocenters. The van der Waals surface area contributed by atoms with E-state index >= 15 is 0 Å². The first-order chi connectivity index (χ1) is 20.2. The molecule has 4 aromatic rings. The molecule has 0 fully saturated rings. The zero-order chi connectivity index (χ0) is 30.0. The Bertz CT molecular complexity index is 1750. The quantitative estimate of drug-likeness (QED) is 0.290. The molecule has 1 atom stereocenters. The molecule has 0 saturated carbocycles. The predicted molar refractivity (Wildman–Crippen MR) is 157 cm³/mol. The number of halogens is 1. The fourth-order valence-electron chi connectivity index (χ4n) is 4.55. The van der Waals surface area contributed by atoms with Crippen LogP contribution in [0.2, 0.25) is 5.02 Å². The average molecular weight is 603 g/mol. The van der Waals surface area contributed by atoms with Gasteiger partial charge in [-0.1, -0.05) is 35.9 Å². The number of methoxy groups -OCH3 is 2. The van der Waals surface area contributed by atoms with Crippen LogP contribution in [0.4, 0.5) is 11.4 Å². The zero-order valence-electron chi connectivity index (χ0n) is 22.4. The Kier molecular flexibility index (Phi) is 8.19. The molecule has 1 aliphatic heterocycles. The highest BCUT2D eigenvalue weighted by Crippen LogP contribution is 2.36. The number of benzene rings is 4. The van der Waals surface area contributed by atoms with E-state index in [1.807, 2.05) is 6.07 Å². The first-order valence-electron chi connectivity index (χ1n) is 12.5. The van der Waals surface area contributed by atoms with Crippen molar-refractivity contribution in [2.75, 3.05) is 24.4 Å². The molecule has 0 aliphatic carbocycles. The van der Waals surface area contributed by atoms with E-state index in [2.05, 4.69) is 5.32 Å². The van der Waals surface area contributed by atoms with Crippen molar-refractivity contribution in [3.8, 4) is 0 Å². The standard InChI is InChI=1S/C31H23ClN2O7S/c1-40-30(37)20-13-21(31(38)41-2)15-23(14-20)33-28(35)19-10-11-27-25(16-19)34(17-18-6-5-7-22(32)12-18)29(36)24-8-3-4-9-26(24)42(27)39/h3-16H,17H2,1-2H3,(H,33,35)/t42-/m1/s1. The van der Waals surface area contributed by atoms with Gasteiger partial charge in [0.15, 0.2) is 0 Å². The maximum Gasteiger partial charge on any atom is 0.337 e. The highest BCUT2D eigenvalue weighted by Gasteiger charge is 2.31. The lowest BCUT2D eigenvalue weighted by Gasteiger charge is -2.24. The highest BCUT2D eigenvalue weighted by molar-refractivity contribution is 7.85. The highest BCUT2D eigenvalue weighted by atomic mass is 35.5. The predicted octanol–water partition coefficient (Wildman–Crippen LogP) is 5.49. The molecule has 1 N–H and O–H groups in total. The molecule has 0 spiro atoms. The van der Waals surface area contributed by atoms with E-state index in [-0.39, 0.29) is 40.4 Å². The van der Waals surface area contributed by atoms with Gasteiger partial charge in [-0.2, -0.15) is 0 Å². The number of nitrogens with one attached hydrogen (secondary N) is 1. The van der Waals surface area contributed by atoms with Gasteiger partial charge in [-0.15, -0.1) is 0 Å². The van der Waals surface area contributed by atoms with Gasteiger partial charge in [0.1, 0.15) is 0 Å². The Balaban J connectivity index is 1.56. The van der Waals surface area contributed by atoms with Crippen LogP contribution in [0, 0.1) is 0 Å². The smallest absolute Gasteiger partial charge is 0.337 e. The molecule has 11 heteroatoms. The number of nitrogens with zero attached hydrogens (tertiary/aromatic N) is 1. The molecule has 0 saturated heterocycles. The van der Waals surface area contributed by atoms with E-state index in [1.165, 1.54) is 49.5 Å². The first-order valence-corrected chi connectivity index (χ1v) is 14.1. The van der Waals surface area contributed by atoms with Gasteiger partial charge in [-0.05, 0) is 66.2 Å². The van der Waals surface area contributed by atoms with Gasteiger partial charge in [0.25, 0.3) is 11.8 Å². The minimum absolute atomic E-state index is 0.0316. The number of anilines is 2. The van der Waals surface area contributed by atoms with E-state index < -0.39 is 28.6 Å². The van der Waals surface area contributed by atoms with Crippen molar-refractivity contribution in [1.82, 2.24) is 0 Å². The Morgan fingerprint density at radius 3 is 2.17 bits per heavy atom. The SMILES string of the molecule is COC(=O)c1cc(NC(=O)c2ccc3c(c2)N(Cc2cccc(Cl)c2)C(=O)c2ccccc2[S@]3=O)cc(C(=O)OC)c1. The van der Waals surface area contributed by atoms with Crippen LogP contribution in [0.25, 0.3) is 0 Å². The molecule has 212 valence electrons. The second-order valence-electron chi connectivity index (χ2n) is 9.20. The summed E-state index contributed by atoms with van der Waals surface area (Å²) in [5.41, 5.74) is 1.66. The number of carbonyl (C=O) groups is 4. The number of amides is 2. The number of carbonyl (C=O) groups excluding carboxylic acids is 4. The maximum absolute atomic E-state index is 13.8. The Labute approximate surface area is 248 Å². The third-order valence-corrected chi connectivity index (χ3v) is 8.27. The number of ether oxygens (including phenoxy) is 2. The lowest BCUT2D eigenvalue weighted by atomic mass is 10.1. The van der Waals surface area contributed by atoms with E-state index in [9.17, 15) is 23.4 Å². The van der Waals surface area contributed by atoms with Crippen LogP contribution in [0.1, 0.15) is 47.0 Å².